The van der Waals surface area contributed by atoms with E-state index in [2.05, 4.69) is 33.9 Å². The maximum atomic E-state index is 12.3. The van der Waals surface area contributed by atoms with E-state index in [1.54, 1.807) is 24.3 Å². The Balaban J connectivity index is 1.77. The Bertz CT molecular complexity index is 683. The van der Waals surface area contributed by atoms with Crippen molar-refractivity contribution in [1.82, 2.24) is 0 Å². The lowest BCUT2D eigenvalue weighted by Crippen LogP contribution is -2.60. The van der Waals surface area contributed by atoms with Crippen LogP contribution in [0.5, 0.6) is 0 Å². The van der Waals surface area contributed by atoms with Crippen molar-refractivity contribution in [1.29, 1.82) is 0 Å². The standard InChI is InChI=1S/C20H30O5Si/c1-18(2,3)26(5,6)25-19(4)15(21)12-16-20(19,24-16)13-23-17(22)14-10-8-7-9-11-14/h7-11,15-16,21H,12-13H2,1-6H3/t15-,16+,19+,20+/m0/s1. The summed E-state index contributed by atoms with van der Waals surface area (Å²) in [6.07, 6.45) is -0.254. The molecule has 1 aliphatic heterocycles. The van der Waals surface area contributed by atoms with E-state index in [0.717, 1.165) is 0 Å². The van der Waals surface area contributed by atoms with Gasteiger partial charge in [-0.05, 0) is 37.2 Å². The minimum Gasteiger partial charge on any atom is -0.459 e. The lowest BCUT2D eigenvalue weighted by Gasteiger charge is -2.46. The molecule has 1 aromatic rings. The largest absolute Gasteiger partial charge is 0.459 e. The number of esters is 1. The summed E-state index contributed by atoms with van der Waals surface area (Å²) in [6, 6.07) is 8.90. The minimum atomic E-state index is -2.15. The smallest absolute Gasteiger partial charge is 0.338 e. The third-order valence-corrected chi connectivity index (χ3v) is 11.0. The molecule has 0 radical (unpaired) electrons. The second-order valence-electron chi connectivity index (χ2n) is 9.16. The average Bonchev–Trinajstić information content (AvgIpc) is 3.21. The molecule has 4 atom stereocenters. The fourth-order valence-corrected chi connectivity index (χ4v) is 5.22. The Morgan fingerprint density at radius 3 is 2.50 bits per heavy atom. The summed E-state index contributed by atoms with van der Waals surface area (Å²) >= 11 is 0. The van der Waals surface area contributed by atoms with Crippen LogP contribution < -0.4 is 0 Å². The van der Waals surface area contributed by atoms with Gasteiger partial charge < -0.3 is 19.0 Å². The predicted molar refractivity (Wildman–Crippen MR) is 102 cm³/mol. The van der Waals surface area contributed by atoms with Crippen molar-refractivity contribution in [3.63, 3.8) is 0 Å². The molecule has 0 amide bonds. The maximum absolute atomic E-state index is 12.3. The zero-order valence-corrected chi connectivity index (χ0v) is 17.5. The first-order chi connectivity index (χ1) is 11.9. The van der Waals surface area contributed by atoms with Gasteiger partial charge in [0.25, 0.3) is 0 Å². The third-order valence-electron chi connectivity index (χ3n) is 6.43. The quantitative estimate of drug-likeness (QED) is 0.482. The van der Waals surface area contributed by atoms with Gasteiger partial charge in [0, 0.05) is 6.42 Å². The summed E-state index contributed by atoms with van der Waals surface area (Å²) in [5.41, 5.74) is -1.13. The Morgan fingerprint density at radius 1 is 1.31 bits per heavy atom. The van der Waals surface area contributed by atoms with Crippen molar-refractivity contribution in [3.8, 4) is 0 Å². The molecule has 5 nitrogen and oxygen atoms in total. The molecule has 6 heteroatoms. The Kier molecular flexibility index (Phi) is 4.63. The minimum absolute atomic E-state index is 0.00458. The summed E-state index contributed by atoms with van der Waals surface area (Å²) in [5.74, 6) is -0.384. The van der Waals surface area contributed by atoms with Crippen LogP contribution in [0.25, 0.3) is 0 Å². The predicted octanol–water partition coefficient (Wildman–Crippen LogP) is 3.53. The van der Waals surface area contributed by atoms with Crippen LogP contribution in [0.2, 0.25) is 18.1 Å². The van der Waals surface area contributed by atoms with Gasteiger partial charge in [-0.1, -0.05) is 39.0 Å². The van der Waals surface area contributed by atoms with Gasteiger partial charge in [-0.2, -0.15) is 0 Å². The zero-order chi connectivity index (χ0) is 19.4. The molecule has 144 valence electrons. The molecule has 0 bridgehead atoms. The number of epoxide rings is 1. The summed E-state index contributed by atoms with van der Waals surface area (Å²) < 4.78 is 18.1. The number of benzene rings is 1. The molecule has 1 saturated heterocycles. The number of fused-ring (bicyclic) bond motifs is 1. The molecular formula is C20H30O5Si. The first kappa shape index (κ1) is 19.5. The Morgan fingerprint density at radius 2 is 1.92 bits per heavy atom. The van der Waals surface area contributed by atoms with Crippen molar-refractivity contribution >= 4 is 14.3 Å². The molecule has 1 N–H and O–H groups in total. The van der Waals surface area contributed by atoms with Crippen LogP contribution in [0.4, 0.5) is 0 Å². The highest BCUT2D eigenvalue weighted by Gasteiger charge is 2.77. The van der Waals surface area contributed by atoms with E-state index in [-0.39, 0.29) is 23.7 Å². The van der Waals surface area contributed by atoms with Gasteiger partial charge in [0.05, 0.1) is 17.8 Å². The van der Waals surface area contributed by atoms with Crippen molar-refractivity contribution in [2.45, 2.75) is 75.7 Å². The van der Waals surface area contributed by atoms with Crippen molar-refractivity contribution in [2.24, 2.45) is 0 Å². The fourth-order valence-electron chi connectivity index (χ4n) is 3.54. The monoisotopic (exact) mass is 378 g/mol. The van der Waals surface area contributed by atoms with Crippen molar-refractivity contribution in [3.05, 3.63) is 35.9 Å². The van der Waals surface area contributed by atoms with E-state index in [1.807, 2.05) is 13.0 Å². The van der Waals surface area contributed by atoms with Gasteiger partial charge in [0.15, 0.2) is 13.9 Å². The van der Waals surface area contributed by atoms with Crippen LogP contribution in [-0.2, 0) is 13.9 Å². The second kappa shape index (κ2) is 6.16. The molecule has 1 aliphatic carbocycles. The number of carbonyl (C=O) groups is 1. The summed E-state index contributed by atoms with van der Waals surface area (Å²) in [5, 5.41) is 10.7. The molecule has 1 aromatic carbocycles. The molecule has 26 heavy (non-hydrogen) atoms. The van der Waals surface area contributed by atoms with Crippen LogP contribution >= 0.6 is 0 Å². The van der Waals surface area contributed by atoms with E-state index in [9.17, 15) is 9.90 Å². The van der Waals surface area contributed by atoms with Crippen LogP contribution in [0.1, 0.15) is 44.5 Å². The van der Waals surface area contributed by atoms with E-state index >= 15 is 0 Å². The van der Waals surface area contributed by atoms with Crippen molar-refractivity contribution < 1.29 is 23.8 Å². The fraction of sp³-hybridized carbons (Fsp3) is 0.650. The van der Waals surface area contributed by atoms with Crippen LogP contribution in [0.3, 0.4) is 0 Å². The number of ether oxygens (including phenoxy) is 2. The average molecular weight is 379 g/mol. The molecule has 2 aliphatic rings. The van der Waals surface area contributed by atoms with Crippen LogP contribution in [0, 0.1) is 0 Å². The van der Waals surface area contributed by atoms with Crippen LogP contribution in [0.15, 0.2) is 30.3 Å². The molecule has 0 spiro atoms. The summed E-state index contributed by atoms with van der Waals surface area (Å²) in [7, 11) is -2.15. The van der Waals surface area contributed by atoms with Crippen molar-refractivity contribution in [2.75, 3.05) is 6.61 Å². The maximum Gasteiger partial charge on any atom is 0.338 e. The summed E-state index contributed by atoms with van der Waals surface area (Å²) in [4.78, 5) is 12.3. The van der Waals surface area contributed by atoms with Gasteiger partial charge in [-0.3, -0.25) is 0 Å². The number of rotatable bonds is 5. The second-order valence-corrected chi connectivity index (χ2v) is 13.9. The van der Waals surface area contributed by atoms with E-state index in [4.69, 9.17) is 13.9 Å². The number of hydrogen-bond donors (Lipinski definition) is 1. The molecule has 0 unspecified atom stereocenters. The third kappa shape index (κ3) is 3.03. The summed E-state index contributed by atoms with van der Waals surface area (Å²) in [6.45, 7) is 12.8. The van der Waals surface area contributed by atoms with Gasteiger partial charge >= 0.3 is 5.97 Å². The van der Waals surface area contributed by atoms with Gasteiger partial charge in [-0.25, -0.2) is 4.79 Å². The van der Waals surface area contributed by atoms with E-state index < -0.39 is 25.6 Å². The molecule has 1 saturated carbocycles. The molecule has 3 rings (SSSR count). The van der Waals surface area contributed by atoms with Crippen LogP contribution in [-0.4, -0.2) is 49.4 Å². The number of carbonyl (C=O) groups excluding carboxylic acids is 1. The number of hydrogen-bond acceptors (Lipinski definition) is 5. The highest BCUT2D eigenvalue weighted by molar-refractivity contribution is 6.74. The Hall–Kier alpha value is -1.21. The van der Waals surface area contributed by atoms with Gasteiger partial charge in [0.1, 0.15) is 12.2 Å². The molecular weight excluding hydrogens is 348 g/mol. The SMILES string of the molecule is CC(C)(C)[Si](C)(C)O[C@]1(C)[C@@H](O)C[C@H]2O[C@]21COC(=O)c1ccccc1. The molecule has 2 fully saturated rings. The first-order valence-electron chi connectivity index (χ1n) is 9.21. The molecule has 1 heterocycles. The highest BCUT2D eigenvalue weighted by Crippen LogP contribution is 2.59. The highest BCUT2D eigenvalue weighted by atomic mass is 28.4. The zero-order valence-electron chi connectivity index (χ0n) is 16.5. The lowest BCUT2D eigenvalue weighted by molar-refractivity contribution is -0.110. The number of aliphatic hydroxyl groups excluding tert-OH is 1. The van der Waals surface area contributed by atoms with E-state index in [0.29, 0.717) is 12.0 Å². The molecule has 0 aromatic heterocycles. The van der Waals surface area contributed by atoms with Gasteiger partial charge in [0.2, 0.25) is 0 Å². The first-order valence-corrected chi connectivity index (χ1v) is 12.1. The van der Waals surface area contributed by atoms with E-state index in [1.165, 1.54) is 0 Å². The lowest BCUT2D eigenvalue weighted by atomic mass is 9.90. The Labute approximate surface area is 156 Å². The normalized spacial score (nSPS) is 33.7. The topological polar surface area (TPSA) is 68.3 Å². The van der Waals surface area contributed by atoms with Gasteiger partial charge in [-0.15, -0.1) is 0 Å². The number of aliphatic hydroxyl groups is 1.